The largest absolute Gasteiger partial charge is 0.393 e. The van der Waals surface area contributed by atoms with Crippen molar-refractivity contribution in [2.45, 2.75) is 25.4 Å². The van der Waals surface area contributed by atoms with E-state index in [0.29, 0.717) is 0 Å². The molecule has 0 amide bonds. The fourth-order valence-electron chi connectivity index (χ4n) is 3.52. The highest BCUT2D eigenvalue weighted by Crippen LogP contribution is 2.62. The van der Waals surface area contributed by atoms with Crippen LogP contribution >= 0.6 is 0 Å². The van der Waals surface area contributed by atoms with Gasteiger partial charge in [-0.15, -0.1) is 0 Å². The van der Waals surface area contributed by atoms with Crippen molar-refractivity contribution >= 4 is 0 Å². The van der Waals surface area contributed by atoms with Crippen molar-refractivity contribution in [3.63, 3.8) is 0 Å². The molecule has 4 rings (SSSR count). The van der Waals surface area contributed by atoms with Crippen molar-refractivity contribution in [2.24, 2.45) is 23.7 Å². The molecule has 9 heavy (non-hydrogen) atoms. The molecule has 0 heterocycles. The Balaban J connectivity index is 2.08. The van der Waals surface area contributed by atoms with Crippen LogP contribution < -0.4 is 0 Å². The maximum Gasteiger partial charge on any atom is 0.0602 e. The Labute approximate surface area is 55.1 Å². The SMILES string of the molecule is OC1C2CC3CC2CC31. The summed E-state index contributed by atoms with van der Waals surface area (Å²) in [6.07, 6.45) is 4.29. The maximum absolute atomic E-state index is 9.53. The van der Waals surface area contributed by atoms with Gasteiger partial charge in [0.05, 0.1) is 6.10 Å². The molecule has 1 nitrogen and oxygen atoms in total. The monoisotopic (exact) mass is 124 g/mol. The summed E-state index contributed by atoms with van der Waals surface area (Å²) in [4.78, 5) is 0. The van der Waals surface area contributed by atoms with Crippen LogP contribution in [0.25, 0.3) is 0 Å². The van der Waals surface area contributed by atoms with E-state index in [1.165, 1.54) is 19.3 Å². The van der Waals surface area contributed by atoms with Gasteiger partial charge < -0.3 is 5.11 Å². The maximum atomic E-state index is 9.53. The topological polar surface area (TPSA) is 20.2 Å². The Bertz CT molecular complexity index is 135. The Kier molecular flexibility index (Phi) is 0.628. The van der Waals surface area contributed by atoms with E-state index in [2.05, 4.69) is 0 Å². The number of hydrogen-bond donors (Lipinski definition) is 1. The van der Waals surface area contributed by atoms with E-state index in [1.807, 2.05) is 0 Å². The lowest BCUT2D eigenvalue weighted by Crippen LogP contribution is -2.18. The van der Waals surface area contributed by atoms with E-state index in [-0.39, 0.29) is 6.10 Å². The molecule has 0 saturated heterocycles. The van der Waals surface area contributed by atoms with Crippen molar-refractivity contribution in [3.8, 4) is 0 Å². The van der Waals surface area contributed by atoms with Crippen LogP contribution in [-0.2, 0) is 0 Å². The van der Waals surface area contributed by atoms with E-state index in [0.717, 1.165) is 23.7 Å². The molecule has 50 valence electrons. The van der Waals surface area contributed by atoms with Gasteiger partial charge in [-0.3, -0.25) is 0 Å². The van der Waals surface area contributed by atoms with Gasteiger partial charge in [-0.25, -0.2) is 0 Å². The van der Waals surface area contributed by atoms with Gasteiger partial charge in [0.15, 0.2) is 0 Å². The standard InChI is InChI=1S/C8H12O/c9-8-6-2-4-1-5(6)3-7(4)8/h4-9H,1-3H2. The first-order chi connectivity index (χ1) is 4.36. The summed E-state index contributed by atoms with van der Waals surface area (Å²) in [6, 6.07) is 0. The summed E-state index contributed by atoms with van der Waals surface area (Å²) >= 11 is 0. The van der Waals surface area contributed by atoms with E-state index in [4.69, 9.17) is 0 Å². The predicted octanol–water partition coefficient (Wildman–Crippen LogP) is 1.02. The summed E-state index contributed by atoms with van der Waals surface area (Å²) in [5.41, 5.74) is 0. The molecule has 4 unspecified atom stereocenters. The number of aliphatic hydroxyl groups is 1. The summed E-state index contributed by atoms with van der Waals surface area (Å²) in [5.74, 6) is 3.35. The van der Waals surface area contributed by atoms with Crippen molar-refractivity contribution in [3.05, 3.63) is 0 Å². The lowest BCUT2D eigenvalue weighted by Gasteiger charge is -2.13. The first kappa shape index (κ1) is 4.73. The first-order valence-electron chi connectivity index (χ1n) is 4.04. The van der Waals surface area contributed by atoms with Crippen LogP contribution in [0.15, 0.2) is 0 Å². The third kappa shape index (κ3) is 0.362. The van der Waals surface area contributed by atoms with Crippen LogP contribution in [0.2, 0.25) is 0 Å². The Morgan fingerprint density at radius 2 is 1.44 bits per heavy atom. The zero-order valence-corrected chi connectivity index (χ0v) is 5.46. The molecule has 1 N–H and O–H groups in total. The summed E-state index contributed by atoms with van der Waals surface area (Å²) in [5, 5.41) is 9.53. The van der Waals surface area contributed by atoms with Gasteiger partial charge in [0.1, 0.15) is 0 Å². The number of rotatable bonds is 0. The highest BCUT2D eigenvalue weighted by atomic mass is 16.3. The van der Waals surface area contributed by atoms with Gasteiger partial charge >= 0.3 is 0 Å². The fourth-order valence-corrected chi connectivity index (χ4v) is 3.52. The normalized spacial score (nSPS) is 68.3. The minimum absolute atomic E-state index is 0.119. The average Bonchev–Trinajstić information content (AvgIpc) is 2.46. The zero-order chi connectivity index (χ0) is 6.01. The molecular weight excluding hydrogens is 112 g/mol. The first-order valence-corrected chi connectivity index (χ1v) is 4.04. The van der Waals surface area contributed by atoms with Gasteiger partial charge in [-0.05, 0) is 42.9 Å². The molecule has 0 aromatic heterocycles. The van der Waals surface area contributed by atoms with Crippen molar-refractivity contribution in [1.82, 2.24) is 0 Å². The predicted molar refractivity (Wildman–Crippen MR) is 33.8 cm³/mol. The molecule has 4 bridgehead atoms. The third-order valence-corrected chi connectivity index (χ3v) is 3.84. The van der Waals surface area contributed by atoms with E-state index < -0.39 is 0 Å². The molecule has 0 aromatic rings. The summed E-state index contributed by atoms with van der Waals surface area (Å²) < 4.78 is 0. The molecular formula is C8H12O. The fraction of sp³-hybridized carbons (Fsp3) is 1.00. The molecule has 1 heteroatoms. The highest BCUT2D eigenvalue weighted by molar-refractivity contribution is 5.08. The molecule has 4 saturated carbocycles. The smallest absolute Gasteiger partial charge is 0.0602 e. The van der Waals surface area contributed by atoms with Crippen molar-refractivity contribution < 1.29 is 5.11 Å². The number of hydrogen-bond acceptors (Lipinski definition) is 1. The second kappa shape index (κ2) is 1.20. The molecule has 0 aromatic carbocycles. The Hall–Kier alpha value is -0.0400. The summed E-state index contributed by atoms with van der Waals surface area (Å²) in [6.45, 7) is 0. The third-order valence-electron chi connectivity index (χ3n) is 3.84. The quantitative estimate of drug-likeness (QED) is 0.511. The van der Waals surface area contributed by atoms with Gasteiger partial charge in [0.25, 0.3) is 0 Å². The molecule has 0 aliphatic heterocycles. The lowest BCUT2D eigenvalue weighted by atomic mass is 9.98. The van der Waals surface area contributed by atoms with E-state index in [9.17, 15) is 5.11 Å². The van der Waals surface area contributed by atoms with Crippen molar-refractivity contribution in [1.29, 1.82) is 0 Å². The minimum Gasteiger partial charge on any atom is -0.393 e. The van der Waals surface area contributed by atoms with Gasteiger partial charge in [0, 0.05) is 0 Å². The van der Waals surface area contributed by atoms with Crippen LogP contribution in [0.1, 0.15) is 19.3 Å². The lowest BCUT2D eigenvalue weighted by molar-refractivity contribution is 0.101. The van der Waals surface area contributed by atoms with Crippen LogP contribution in [0.3, 0.4) is 0 Å². The second-order valence-corrected chi connectivity index (χ2v) is 4.05. The second-order valence-electron chi connectivity index (χ2n) is 4.05. The Morgan fingerprint density at radius 1 is 0.889 bits per heavy atom. The van der Waals surface area contributed by atoms with Gasteiger partial charge in [0.2, 0.25) is 0 Å². The molecule has 4 fully saturated rings. The van der Waals surface area contributed by atoms with Crippen LogP contribution in [0.5, 0.6) is 0 Å². The molecule has 4 aliphatic rings. The number of aliphatic hydroxyl groups excluding tert-OH is 1. The minimum atomic E-state index is 0.119. The van der Waals surface area contributed by atoms with Gasteiger partial charge in [-0.2, -0.15) is 0 Å². The Morgan fingerprint density at radius 3 is 1.67 bits per heavy atom. The molecule has 0 spiro atoms. The van der Waals surface area contributed by atoms with E-state index in [1.54, 1.807) is 0 Å². The molecule has 4 aliphatic carbocycles. The zero-order valence-electron chi connectivity index (χ0n) is 5.46. The van der Waals surface area contributed by atoms with Crippen molar-refractivity contribution in [2.75, 3.05) is 0 Å². The molecule has 0 radical (unpaired) electrons. The van der Waals surface area contributed by atoms with Gasteiger partial charge in [-0.1, -0.05) is 0 Å². The summed E-state index contributed by atoms with van der Waals surface area (Å²) in [7, 11) is 0. The van der Waals surface area contributed by atoms with Crippen LogP contribution in [-0.4, -0.2) is 11.2 Å². The van der Waals surface area contributed by atoms with Crippen LogP contribution in [0, 0.1) is 23.7 Å². The van der Waals surface area contributed by atoms with Crippen LogP contribution in [0.4, 0.5) is 0 Å². The molecule has 4 atom stereocenters. The average molecular weight is 124 g/mol. The highest BCUT2D eigenvalue weighted by Gasteiger charge is 2.58. The van der Waals surface area contributed by atoms with E-state index >= 15 is 0 Å².